The van der Waals surface area contributed by atoms with E-state index in [9.17, 15) is 4.39 Å². The molecule has 2 aromatic carbocycles. The van der Waals surface area contributed by atoms with Crippen LogP contribution in [0.1, 0.15) is 12.8 Å². The Labute approximate surface area is 245 Å². The van der Waals surface area contributed by atoms with E-state index >= 15 is 0 Å². The molecule has 4 aromatic rings. The predicted molar refractivity (Wildman–Crippen MR) is 154 cm³/mol. The minimum absolute atomic E-state index is 0.172. The summed E-state index contributed by atoms with van der Waals surface area (Å²) in [5.74, 6) is -7.47. The molecule has 0 bridgehead atoms. The highest BCUT2D eigenvalue weighted by Gasteiger charge is 2.17. The number of carboxylic acids is 4. The molecule has 12 nitrogen and oxygen atoms in total. The molecule has 4 N–H and O–H groups in total. The highest BCUT2D eigenvalue weighted by Crippen LogP contribution is 2.31. The number of carboxylic acid groups (broad SMARTS) is 4. The van der Waals surface area contributed by atoms with Gasteiger partial charge in [-0.15, -0.1) is 0 Å². The normalized spacial score (nSPS) is 12.9. The van der Waals surface area contributed by atoms with Crippen LogP contribution in [0.25, 0.3) is 22.0 Å². The smallest absolute Gasteiger partial charge is 0.414 e. The van der Waals surface area contributed by atoms with Crippen molar-refractivity contribution < 1.29 is 48.4 Å². The fraction of sp³-hybridized carbons (Fsp3) is 0.267. The van der Waals surface area contributed by atoms with Gasteiger partial charge in [0, 0.05) is 66.6 Å². The van der Waals surface area contributed by atoms with Crippen molar-refractivity contribution in [3.8, 4) is 11.1 Å². The minimum Gasteiger partial charge on any atom is -0.473 e. The zero-order valence-electron chi connectivity index (χ0n) is 23.1. The van der Waals surface area contributed by atoms with E-state index in [2.05, 4.69) is 44.8 Å². The molecule has 1 aliphatic rings. The van der Waals surface area contributed by atoms with Crippen LogP contribution in [0.4, 0.5) is 10.1 Å². The summed E-state index contributed by atoms with van der Waals surface area (Å²) in [6, 6.07) is 17.5. The lowest BCUT2D eigenvalue weighted by Gasteiger charge is -2.36. The van der Waals surface area contributed by atoms with Crippen LogP contribution in [0, 0.1) is 5.82 Å². The molecule has 3 heterocycles. The number of benzene rings is 2. The quantitative estimate of drug-likeness (QED) is 0.179. The van der Waals surface area contributed by atoms with E-state index < -0.39 is 23.9 Å². The van der Waals surface area contributed by atoms with Crippen LogP contribution in [0.2, 0.25) is 0 Å². The second-order valence-electron chi connectivity index (χ2n) is 9.50. The van der Waals surface area contributed by atoms with Crippen molar-refractivity contribution in [1.82, 2.24) is 9.47 Å². The Bertz CT molecular complexity index is 1460. The maximum atomic E-state index is 13.1. The van der Waals surface area contributed by atoms with E-state index in [-0.39, 0.29) is 5.82 Å². The molecule has 1 aliphatic heterocycles. The molecular weight excluding hydrogens is 565 g/mol. The van der Waals surface area contributed by atoms with Gasteiger partial charge in [-0.25, -0.2) is 23.6 Å². The molecule has 43 heavy (non-hydrogen) atoms. The summed E-state index contributed by atoms with van der Waals surface area (Å²) < 4.78 is 20.8. The Morgan fingerprint density at radius 1 is 0.744 bits per heavy atom. The van der Waals surface area contributed by atoms with Crippen molar-refractivity contribution in [2.75, 3.05) is 37.6 Å². The number of nitrogens with zero attached hydrogens (tertiary/aromatic N) is 3. The second kappa shape index (κ2) is 15.7. The first-order chi connectivity index (χ1) is 20.6. The fourth-order valence-corrected chi connectivity index (χ4v) is 4.58. The molecule has 0 spiro atoms. The Morgan fingerprint density at radius 3 is 1.88 bits per heavy atom. The lowest BCUT2D eigenvalue weighted by Crippen LogP contribution is -2.46. The third kappa shape index (κ3) is 9.71. The van der Waals surface area contributed by atoms with Crippen molar-refractivity contribution >= 4 is 40.5 Å². The first kappa shape index (κ1) is 32.3. The number of hydrogen-bond acceptors (Lipinski definition) is 7. The molecule has 2 aromatic heterocycles. The van der Waals surface area contributed by atoms with Crippen LogP contribution in [0.3, 0.4) is 0 Å². The molecule has 0 amide bonds. The van der Waals surface area contributed by atoms with Crippen molar-refractivity contribution in [1.29, 1.82) is 0 Å². The number of aryl methyl sites for hydroxylation is 1. The Balaban J connectivity index is 0.000000359. The summed E-state index contributed by atoms with van der Waals surface area (Å²) in [4.78, 5) is 41.3. The number of para-hydroxylation sites is 1. The summed E-state index contributed by atoms with van der Waals surface area (Å²) in [5.41, 5.74) is 4.77. The van der Waals surface area contributed by atoms with Crippen LogP contribution >= 0.6 is 0 Å². The van der Waals surface area contributed by atoms with Gasteiger partial charge in [0.15, 0.2) is 0 Å². The largest absolute Gasteiger partial charge is 0.473 e. The van der Waals surface area contributed by atoms with Crippen molar-refractivity contribution in [3.63, 3.8) is 0 Å². The molecule has 5 rings (SSSR count). The number of furan rings is 1. The standard InChI is InChI=1S/C26H28FN3O.2C2H2O4/c27-22-7-9-23(10-8-22)29-16-14-28(15-17-29)12-3-4-13-30-19-25(21-11-18-31-20-21)24-5-1-2-6-26(24)30;2*3-1(4)2(5)6/h1-2,5-11,18-20H,3-4,12-17H2;2*(H,3,4)(H,5,6). The Hall–Kier alpha value is -5.17. The number of fused-ring (bicyclic) bond motifs is 1. The first-order valence-corrected chi connectivity index (χ1v) is 13.3. The third-order valence-corrected chi connectivity index (χ3v) is 6.67. The number of carbonyl (C=O) groups is 4. The van der Waals surface area contributed by atoms with Crippen molar-refractivity contribution in [2.45, 2.75) is 19.4 Å². The SMILES string of the molecule is Fc1ccc(N2CCN(CCCCn3cc(-c4ccoc4)c4ccccc43)CC2)cc1.O=C(O)C(=O)O.O=C(O)C(=O)O. The van der Waals surface area contributed by atoms with Gasteiger partial charge in [-0.05, 0) is 55.8 Å². The zero-order valence-corrected chi connectivity index (χ0v) is 23.1. The molecule has 13 heteroatoms. The highest BCUT2D eigenvalue weighted by atomic mass is 19.1. The van der Waals surface area contributed by atoms with Crippen molar-refractivity contribution in [2.24, 2.45) is 0 Å². The lowest BCUT2D eigenvalue weighted by atomic mass is 10.1. The molecule has 0 saturated carbocycles. The van der Waals surface area contributed by atoms with Crippen LogP contribution in [0.5, 0.6) is 0 Å². The maximum absolute atomic E-state index is 13.1. The van der Waals surface area contributed by atoms with E-state index in [1.807, 2.05) is 24.5 Å². The number of unbranched alkanes of at least 4 members (excludes halogenated alkanes) is 1. The maximum Gasteiger partial charge on any atom is 0.414 e. The molecule has 0 radical (unpaired) electrons. The Kier molecular flexibility index (Phi) is 11.8. The number of anilines is 1. The van der Waals surface area contributed by atoms with E-state index in [0.717, 1.165) is 56.9 Å². The molecular formula is C30H32FN3O9. The molecule has 228 valence electrons. The number of aromatic nitrogens is 1. The van der Waals surface area contributed by atoms with Gasteiger partial charge in [-0.2, -0.15) is 0 Å². The van der Waals surface area contributed by atoms with Gasteiger partial charge >= 0.3 is 23.9 Å². The van der Waals surface area contributed by atoms with E-state index in [4.69, 9.17) is 44.0 Å². The number of rotatable bonds is 7. The van der Waals surface area contributed by atoms with Crippen molar-refractivity contribution in [3.05, 3.63) is 79.1 Å². The van der Waals surface area contributed by atoms with Gasteiger partial charge in [-0.1, -0.05) is 18.2 Å². The number of piperazine rings is 1. The fourth-order valence-electron chi connectivity index (χ4n) is 4.58. The van der Waals surface area contributed by atoms with Crippen LogP contribution in [0.15, 0.2) is 77.7 Å². The average molecular weight is 598 g/mol. The topological polar surface area (TPSA) is 174 Å². The van der Waals surface area contributed by atoms with Gasteiger partial charge in [0.25, 0.3) is 0 Å². The Morgan fingerprint density at radius 2 is 1.33 bits per heavy atom. The molecule has 0 atom stereocenters. The highest BCUT2D eigenvalue weighted by molar-refractivity contribution is 6.27. The summed E-state index contributed by atoms with van der Waals surface area (Å²) >= 11 is 0. The third-order valence-electron chi connectivity index (χ3n) is 6.67. The number of halogens is 1. The van der Waals surface area contributed by atoms with E-state index in [1.54, 1.807) is 18.4 Å². The van der Waals surface area contributed by atoms with Gasteiger partial charge in [0.1, 0.15) is 5.82 Å². The zero-order chi connectivity index (χ0) is 31.4. The number of aliphatic carboxylic acids is 4. The lowest BCUT2D eigenvalue weighted by molar-refractivity contribution is -0.159. The second-order valence-corrected chi connectivity index (χ2v) is 9.50. The number of hydrogen-bond donors (Lipinski definition) is 4. The van der Waals surface area contributed by atoms with E-state index in [0.29, 0.717) is 0 Å². The van der Waals surface area contributed by atoms with Gasteiger partial charge in [0.2, 0.25) is 0 Å². The summed E-state index contributed by atoms with van der Waals surface area (Å²) in [6.45, 7) is 6.28. The van der Waals surface area contributed by atoms with Crippen LogP contribution in [-0.4, -0.2) is 86.5 Å². The molecule has 0 unspecified atom stereocenters. The summed E-state index contributed by atoms with van der Waals surface area (Å²) in [5, 5.41) is 30.8. The average Bonchev–Trinajstić information content (AvgIpc) is 3.65. The predicted octanol–water partition coefficient (Wildman–Crippen LogP) is 3.95. The van der Waals surface area contributed by atoms with Crippen LogP contribution < -0.4 is 4.90 Å². The van der Waals surface area contributed by atoms with Gasteiger partial charge in [0.05, 0.1) is 12.5 Å². The molecule has 1 fully saturated rings. The molecule has 1 saturated heterocycles. The van der Waals surface area contributed by atoms with Gasteiger partial charge < -0.3 is 34.3 Å². The summed E-state index contributed by atoms with van der Waals surface area (Å²) in [7, 11) is 0. The summed E-state index contributed by atoms with van der Waals surface area (Å²) in [6.07, 6.45) is 8.15. The monoisotopic (exact) mass is 597 g/mol. The van der Waals surface area contributed by atoms with Gasteiger partial charge in [-0.3, -0.25) is 4.90 Å². The minimum atomic E-state index is -1.82. The first-order valence-electron chi connectivity index (χ1n) is 13.3. The molecule has 0 aliphatic carbocycles. The van der Waals surface area contributed by atoms with Crippen LogP contribution in [-0.2, 0) is 25.7 Å². The van der Waals surface area contributed by atoms with E-state index in [1.165, 1.54) is 22.9 Å².